The van der Waals surface area contributed by atoms with Crippen LogP contribution in [0.2, 0.25) is 0 Å². The molecule has 1 amide bonds. The minimum Gasteiger partial charge on any atom is -0.372 e. The zero-order valence-electron chi connectivity index (χ0n) is 12.6. The maximum Gasteiger partial charge on any atom is 0.293 e. The van der Waals surface area contributed by atoms with Crippen LogP contribution in [0.4, 0.5) is 17.1 Å². The number of hydrogen-bond donors (Lipinski definition) is 1. The van der Waals surface area contributed by atoms with Gasteiger partial charge in [0.05, 0.1) is 16.6 Å². The van der Waals surface area contributed by atoms with E-state index in [4.69, 9.17) is 5.26 Å². The van der Waals surface area contributed by atoms with Crippen LogP contribution in [-0.2, 0) is 0 Å². The van der Waals surface area contributed by atoms with Gasteiger partial charge >= 0.3 is 0 Å². The molecule has 0 heterocycles. The highest BCUT2D eigenvalue weighted by molar-refractivity contribution is 6.05. The highest BCUT2D eigenvalue weighted by atomic mass is 16.6. The summed E-state index contributed by atoms with van der Waals surface area (Å²) in [5.74, 6) is -0.455. The van der Waals surface area contributed by atoms with Gasteiger partial charge in [0, 0.05) is 31.4 Å². The predicted octanol–water partition coefficient (Wildman–Crippen LogP) is 2.78. The molecule has 0 saturated carbocycles. The highest BCUT2D eigenvalue weighted by Gasteiger charge is 2.18. The van der Waals surface area contributed by atoms with Crippen LogP contribution in [0.1, 0.15) is 15.9 Å². The molecule has 2 aromatic rings. The molecule has 0 aliphatic rings. The van der Waals surface area contributed by atoms with Gasteiger partial charge in [-0.25, -0.2) is 0 Å². The van der Waals surface area contributed by atoms with Crippen LogP contribution < -0.4 is 10.2 Å². The van der Waals surface area contributed by atoms with Gasteiger partial charge in [-0.15, -0.1) is 0 Å². The molecule has 0 aromatic heterocycles. The van der Waals surface area contributed by atoms with Crippen molar-refractivity contribution in [3.63, 3.8) is 0 Å². The van der Waals surface area contributed by atoms with Crippen molar-refractivity contribution in [3.8, 4) is 6.07 Å². The number of nitriles is 1. The number of carbonyl (C=O) groups excluding carboxylic acids is 1. The zero-order valence-corrected chi connectivity index (χ0v) is 12.6. The standard InChI is InChI=1S/C16H14N4O3/c1-19(2)14-8-5-12(9-15(14)20(22)23)16(21)18-13-6-3-11(10-17)4-7-13/h3-9H,1-2H3,(H,18,21). The molecular formula is C16H14N4O3. The molecule has 2 aromatic carbocycles. The van der Waals surface area contributed by atoms with Crippen molar-refractivity contribution in [1.82, 2.24) is 0 Å². The van der Waals surface area contributed by atoms with E-state index in [1.165, 1.54) is 18.2 Å². The minimum absolute atomic E-state index is 0.137. The Balaban J connectivity index is 2.27. The first kappa shape index (κ1) is 16.0. The summed E-state index contributed by atoms with van der Waals surface area (Å²) in [6, 6.07) is 12.6. The molecule has 0 aliphatic carbocycles. The monoisotopic (exact) mass is 310 g/mol. The van der Waals surface area contributed by atoms with Gasteiger partial charge in [0.25, 0.3) is 11.6 Å². The molecule has 7 heteroatoms. The molecule has 0 saturated heterocycles. The number of anilines is 2. The molecule has 0 aliphatic heterocycles. The van der Waals surface area contributed by atoms with E-state index in [0.717, 1.165) is 0 Å². The quantitative estimate of drug-likeness (QED) is 0.691. The second kappa shape index (κ2) is 6.58. The Morgan fingerprint density at radius 3 is 2.39 bits per heavy atom. The van der Waals surface area contributed by atoms with Gasteiger partial charge < -0.3 is 10.2 Å². The molecule has 2 rings (SSSR count). The van der Waals surface area contributed by atoms with Gasteiger partial charge in [-0.05, 0) is 36.4 Å². The van der Waals surface area contributed by atoms with E-state index in [2.05, 4.69) is 5.32 Å². The normalized spacial score (nSPS) is 9.78. The Labute approximate surface area is 132 Å². The van der Waals surface area contributed by atoms with Crippen LogP contribution in [0.25, 0.3) is 0 Å². The van der Waals surface area contributed by atoms with Crippen LogP contribution in [0.5, 0.6) is 0 Å². The molecule has 0 spiro atoms. The number of benzene rings is 2. The van der Waals surface area contributed by atoms with Gasteiger partial charge in [0.2, 0.25) is 0 Å². The van der Waals surface area contributed by atoms with E-state index >= 15 is 0 Å². The summed E-state index contributed by atoms with van der Waals surface area (Å²) < 4.78 is 0. The second-order valence-electron chi connectivity index (χ2n) is 5.00. The molecule has 0 bridgehead atoms. The number of rotatable bonds is 4. The number of amides is 1. The van der Waals surface area contributed by atoms with Crippen LogP contribution in [0.15, 0.2) is 42.5 Å². The molecular weight excluding hydrogens is 296 g/mol. The number of carbonyl (C=O) groups is 1. The van der Waals surface area contributed by atoms with E-state index in [1.807, 2.05) is 6.07 Å². The molecule has 0 radical (unpaired) electrons. The Kier molecular flexibility index (Phi) is 4.57. The third-order valence-corrected chi connectivity index (χ3v) is 3.19. The smallest absolute Gasteiger partial charge is 0.293 e. The lowest BCUT2D eigenvalue weighted by Crippen LogP contribution is -2.15. The maximum atomic E-state index is 12.2. The number of hydrogen-bond acceptors (Lipinski definition) is 5. The fraction of sp³-hybridized carbons (Fsp3) is 0.125. The number of nitrogens with zero attached hydrogens (tertiary/aromatic N) is 3. The van der Waals surface area contributed by atoms with E-state index in [1.54, 1.807) is 43.3 Å². The average Bonchev–Trinajstić information content (AvgIpc) is 2.54. The Hall–Kier alpha value is -3.40. The van der Waals surface area contributed by atoms with Crippen molar-refractivity contribution in [2.75, 3.05) is 24.3 Å². The van der Waals surface area contributed by atoms with Crippen molar-refractivity contribution in [2.45, 2.75) is 0 Å². The third kappa shape index (κ3) is 3.63. The summed E-state index contributed by atoms with van der Waals surface area (Å²) in [7, 11) is 3.39. The fourth-order valence-corrected chi connectivity index (χ4v) is 2.02. The number of nitro groups is 1. The SMILES string of the molecule is CN(C)c1ccc(C(=O)Nc2ccc(C#N)cc2)cc1[N+](=O)[O-]. The summed E-state index contributed by atoms with van der Waals surface area (Å²) in [6.45, 7) is 0. The summed E-state index contributed by atoms with van der Waals surface area (Å²) in [5.41, 5.74) is 1.46. The lowest BCUT2D eigenvalue weighted by Gasteiger charge is -2.13. The highest BCUT2D eigenvalue weighted by Crippen LogP contribution is 2.28. The predicted molar refractivity (Wildman–Crippen MR) is 86.5 cm³/mol. The number of nitrogens with one attached hydrogen (secondary N) is 1. The molecule has 0 atom stereocenters. The zero-order chi connectivity index (χ0) is 17.0. The topological polar surface area (TPSA) is 99.3 Å². The van der Waals surface area contributed by atoms with E-state index in [9.17, 15) is 14.9 Å². The van der Waals surface area contributed by atoms with Gasteiger partial charge in [-0.2, -0.15) is 5.26 Å². The maximum absolute atomic E-state index is 12.2. The fourth-order valence-electron chi connectivity index (χ4n) is 2.02. The average molecular weight is 310 g/mol. The van der Waals surface area contributed by atoms with Crippen LogP contribution in [0.3, 0.4) is 0 Å². The van der Waals surface area contributed by atoms with Crippen LogP contribution in [-0.4, -0.2) is 24.9 Å². The summed E-state index contributed by atoms with van der Waals surface area (Å²) in [6.07, 6.45) is 0. The summed E-state index contributed by atoms with van der Waals surface area (Å²) in [5, 5.41) is 22.5. The summed E-state index contributed by atoms with van der Waals surface area (Å²) in [4.78, 5) is 24.5. The van der Waals surface area contributed by atoms with Gasteiger partial charge in [-0.3, -0.25) is 14.9 Å². The third-order valence-electron chi connectivity index (χ3n) is 3.19. The minimum atomic E-state index is -0.520. The van der Waals surface area contributed by atoms with E-state index in [0.29, 0.717) is 16.9 Å². The lowest BCUT2D eigenvalue weighted by atomic mass is 10.1. The second-order valence-corrected chi connectivity index (χ2v) is 5.00. The number of nitro benzene ring substituents is 1. The Morgan fingerprint density at radius 2 is 1.87 bits per heavy atom. The largest absolute Gasteiger partial charge is 0.372 e. The Morgan fingerprint density at radius 1 is 1.22 bits per heavy atom. The molecule has 0 fully saturated rings. The van der Waals surface area contributed by atoms with Crippen LogP contribution >= 0.6 is 0 Å². The molecule has 23 heavy (non-hydrogen) atoms. The van der Waals surface area contributed by atoms with E-state index < -0.39 is 10.8 Å². The Bertz CT molecular complexity index is 792. The first-order valence-corrected chi connectivity index (χ1v) is 6.69. The van der Waals surface area contributed by atoms with Crippen molar-refractivity contribution in [1.29, 1.82) is 5.26 Å². The molecule has 7 nitrogen and oxygen atoms in total. The van der Waals surface area contributed by atoms with Gasteiger partial charge in [0.1, 0.15) is 5.69 Å². The summed E-state index contributed by atoms with van der Waals surface area (Å²) >= 11 is 0. The van der Waals surface area contributed by atoms with Crippen molar-refractivity contribution in [3.05, 3.63) is 63.7 Å². The van der Waals surface area contributed by atoms with Crippen LogP contribution in [0, 0.1) is 21.4 Å². The first-order chi connectivity index (χ1) is 10.9. The van der Waals surface area contributed by atoms with Gasteiger partial charge in [-0.1, -0.05) is 0 Å². The van der Waals surface area contributed by atoms with E-state index in [-0.39, 0.29) is 11.3 Å². The van der Waals surface area contributed by atoms with Gasteiger partial charge in [0.15, 0.2) is 0 Å². The molecule has 116 valence electrons. The molecule has 0 unspecified atom stereocenters. The first-order valence-electron chi connectivity index (χ1n) is 6.69. The van der Waals surface area contributed by atoms with Crippen molar-refractivity contribution >= 4 is 23.0 Å². The van der Waals surface area contributed by atoms with Crippen molar-refractivity contribution in [2.24, 2.45) is 0 Å². The lowest BCUT2D eigenvalue weighted by molar-refractivity contribution is -0.384. The molecule has 1 N–H and O–H groups in total. The van der Waals surface area contributed by atoms with Crippen molar-refractivity contribution < 1.29 is 9.72 Å².